The lowest BCUT2D eigenvalue weighted by Crippen LogP contribution is -2.55. The Morgan fingerprint density at radius 1 is 1.18 bits per heavy atom. The van der Waals surface area contributed by atoms with Gasteiger partial charge in [-0.2, -0.15) is 0 Å². The Morgan fingerprint density at radius 2 is 2.06 bits per heavy atom. The summed E-state index contributed by atoms with van der Waals surface area (Å²) < 4.78 is 51.4. The third kappa shape index (κ3) is 4.13. The molecule has 2 fully saturated rings. The van der Waals surface area contributed by atoms with E-state index in [0.717, 1.165) is 19.0 Å². The Bertz CT molecular complexity index is 1270. The Morgan fingerprint density at radius 3 is 2.82 bits per heavy atom. The molecule has 2 N–H and O–H groups in total. The maximum Gasteiger partial charge on any atom is 0.185 e. The SMILES string of the molecule is [2H]C([2H])([2H])Sc1cc(-c2ccc(-c3ncc(N(C)[C@@H]4C[C@@H]5CC[C@H](N5)[C@@H]4F)nn3)c(O)c2)c(F)cn1. The van der Waals surface area contributed by atoms with Gasteiger partial charge in [0.25, 0.3) is 0 Å². The third-order valence-electron chi connectivity index (χ3n) is 6.45. The number of aromatic nitrogens is 4. The molecule has 4 heterocycles. The van der Waals surface area contributed by atoms with Crippen molar-refractivity contribution >= 4 is 17.6 Å². The molecule has 2 bridgehead atoms. The molecule has 172 valence electrons. The zero-order valence-corrected chi connectivity index (χ0v) is 18.6. The van der Waals surface area contributed by atoms with Gasteiger partial charge in [-0.25, -0.2) is 18.7 Å². The number of nitrogens with one attached hydrogen (secondary N) is 1. The van der Waals surface area contributed by atoms with Crippen LogP contribution in [0.1, 0.15) is 23.4 Å². The lowest BCUT2D eigenvalue weighted by atomic mass is 9.96. The van der Waals surface area contributed by atoms with Gasteiger partial charge < -0.3 is 15.3 Å². The van der Waals surface area contributed by atoms with Gasteiger partial charge in [0.05, 0.1) is 29.0 Å². The van der Waals surface area contributed by atoms with Gasteiger partial charge in [-0.15, -0.1) is 22.0 Å². The zero-order chi connectivity index (χ0) is 25.6. The van der Waals surface area contributed by atoms with Crippen LogP contribution in [0.25, 0.3) is 22.5 Å². The van der Waals surface area contributed by atoms with Gasteiger partial charge in [0.15, 0.2) is 11.6 Å². The number of pyridine rings is 1. The molecule has 0 saturated carbocycles. The van der Waals surface area contributed by atoms with Gasteiger partial charge in [0.1, 0.15) is 17.7 Å². The molecule has 0 radical (unpaired) electrons. The minimum absolute atomic E-state index is 0.103. The van der Waals surface area contributed by atoms with Gasteiger partial charge >= 0.3 is 0 Å². The Kier molecular flexibility index (Phi) is 4.97. The summed E-state index contributed by atoms with van der Waals surface area (Å²) in [6.45, 7) is 0. The minimum Gasteiger partial charge on any atom is -0.507 e. The van der Waals surface area contributed by atoms with Crippen LogP contribution in [0.5, 0.6) is 5.75 Å². The van der Waals surface area contributed by atoms with Crippen LogP contribution < -0.4 is 10.2 Å². The number of benzene rings is 1. The Hall–Kier alpha value is -2.85. The number of rotatable bonds is 5. The summed E-state index contributed by atoms with van der Waals surface area (Å²) in [5, 5.41) is 22.4. The fourth-order valence-electron chi connectivity index (χ4n) is 4.66. The number of thioether (sulfide) groups is 1. The standard InChI is InChI=1S/C23H24F2N6OS/c1-31(18-8-13-4-6-17(28-13)22(18)25)20-11-27-23(30-29-20)14-5-3-12(7-19(14)32)15-9-21(33-2)26-10-16(15)24/h3,5,7,9-11,13,17-18,22,28,32H,4,6,8H2,1-2H3/t13-,17-,18+,22-/m0/s1/i2D3. The first kappa shape index (κ1) is 18.6. The van der Waals surface area contributed by atoms with Crippen LogP contribution in [0, 0.1) is 5.82 Å². The molecular formula is C23H24F2N6OS. The smallest absolute Gasteiger partial charge is 0.185 e. The van der Waals surface area contributed by atoms with Crippen LogP contribution in [0.3, 0.4) is 0 Å². The van der Waals surface area contributed by atoms with E-state index in [0.29, 0.717) is 35.6 Å². The van der Waals surface area contributed by atoms with E-state index < -0.39 is 18.2 Å². The van der Waals surface area contributed by atoms with Crippen molar-refractivity contribution in [2.45, 2.75) is 48.6 Å². The molecule has 5 rings (SSSR count). The normalized spacial score (nSPS) is 25.8. The van der Waals surface area contributed by atoms with Crippen molar-refractivity contribution in [2.24, 2.45) is 0 Å². The zero-order valence-electron chi connectivity index (χ0n) is 20.7. The average molecular weight is 474 g/mol. The molecule has 2 saturated heterocycles. The molecule has 4 atom stereocenters. The molecule has 2 aliphatic rings. The van der Waals surface area contributed by atoms with E-state index in [9.17, 15) is 13.9 Å². The summed E-state index contributed by atoms with van der Waals surface area (Å²) in [6, 6.07) is 5.62. The number of piperidine rings is 1. The first-order valence-corrected chi connectivity index (χ1v) is 11.4. The molecule has 0 spiro atoms. The summed E-state index contributed by atoms with van der Waals surface area (Å²) in [5.41, 5.74) is 0.726. The second-order valence-corrected chi connectivity index (χ2v) is 9.00. The predicted octanol–water partition coefficient (Wildman–Crippen LogP) is 3.83. The maximum absolute atomic E-state index is 14.9. The van der Waals surface area contributed by atoms with E-state index in [4.69, 9.17) is 4.11 Å². The molecule has 10 heteroatoms. The second-order valence-electron chi connectivity index (χ2n) is 8.38. The molecule has 0 amide bonds. The molecule has 0 unspecified atom stereocenters. The number of fused-ring (bicyclic) bond motifs is 2. The Balaban J connectivity index is 1.36. The van der Waals surface area contributed by atoms with Gasteiger partial charge in [0, 0.05) is 28.8 Å². The number of phenolic OH excluding ortho intramolecular Hbond substituents is 1. The highest BCUT2D eigenvalue weighted by Gasteiger charge is 2.43. The van der Waals surface area contributed by atoms with E-state index in [1.807, 2.05) is 0 Å². The molecule has 1 aromatic carbocycles. The fraction of sp³-hybridized carbons (Fsp3) is 0.391. The lowest BCUT2D eigenvalue weighted by Gasteiger charge is -2.38. The number of hydrogen-bond donors (Lipinski definition) is 2. The molecule has 2 aromatic heterocycles. The monoisotopic (exact) mass is 473 g/mol. The summed E-state index contributed by atoms with van der Waals surface area (Å²) in [4.78, 5) is 9.90. The first-order valence-electron chi connectivity index (χ1n) is 12.1. The predicted molar refractivity (Wildman–Crippen MR) is 124 cm³/mol. The molecule has 3 aromatic rings. The third-order valence-corrected chi connectivity index (χ3v) is 6.88. The topological polar surface area (TPSA) is 87.1 Å². The summed E-state index contributed by atoms with van der Waals surface area (Å²) in [7, 11) is 1.78. The van der Waals surface area contributed by atoms with Gasteiger partial charge in [0.2, 0.25) is 0 Å². The first-order chi connectivity index (χ1) is 17.1. The fourth-order valence-corrected chi connectivity index (χ4v) is 4.94. The lowest BCUT2D eigenvalue weighted by molar-refractivity contribution is 0.176. The molecule has 7 nitrogen and oxygen atoms in total. The van der Waals surface area contributed by atoms with Crippen LogP contribution in [-0.4, -0.2) is 62.8 Å². The molecular weight excluding hydrogens is 446 g/mol. The van der Waals surface area contributed by atoms with E-state index in [2.05, 4.69) is 25.5 Å². The Labute approximate surface area is 198 Å². The number of alkyl halides is 1. The number of halogens is 2. The van der Waals surface area contributed by atoms with Crippen LogP contribution in [0.2, 0.25) is 0 Å². The largest absolute Gasteiger partial charge is 0.507 e. The van der Waals surface area contributed by atoms with Crippen molar-refractivity contribution in [2.75, 3.05) is 18.1 Å². The highest BCUT2D eigenvalue weighted by atomic mass is 32.2. The van der Waals surface area contributed by atoms with Gasteiger partial charge in [-0.05, 0) is 49.2 Å². The summed E-state index contributed by atoms with van der Waals surface area (Å²) in [6.07, 6.45) is 1.59. The molecule has 2 aliphatic heterocycles. The molecule has 0 aliphatic carbocycles. The number of aromatic hydroxyl groups is 1. The van der Waals surface area contributed by atoms with Crippen molar-refractivity contribution in [1.82, 2.24) is 25.5 Å². The quantitative estimate of drug-likeness (QED) is 0.541. The number of anilines is 1. The van der Waals surface area contributed by atoms with E-state index >= 15 is 0 Å². The highest BCUT2D eigenvalue weighted by Crippen LogP contribution is 2.35. The van der Waals surface area contributed by atoms with Crippen LogP contribution in [0.15, 0.2) is 41.7 Å². The van der Waals surface area contributed by atoms with E-state index in [1.165, 1.54) is 24.4 Å². The van der Waals surface area contributed by atoms with Gasteiger partial charge in [-0.1, -0.05) is 6.07 Å². The average Bonchev–Trinajstić information content (AvgIpc) is 3.25. The van der Waals surface area contributed by atoms with Crippen LogP contribution in [0.4, 0.5) is 14.6 Å². The summed E-state index contributed by atoms with van der Waals surface area (Å²) in [5.74, 6) is -0.260. The van der Waals surface area contributed by atoms with Crippen LogP contribution >= 0.6 is 11.8 Å². The number of phenols is 1. The van der Waals surface area contributed by atoms with Crippen molar-refractivity contribution in [3.63, 3.8) is 0 Å². The van der Waals surface area contributed by atoms with Crippen LogP contribution in [-0.2, 0) is 0 Å². The second kappa shape index (κ2) is 8.83. The molecule has 33 heavy (non-hydrogen) atoms. The number of hydrogen-bond acceptors (Lipinski definition) is 8. The minimum atomic E-state index is -2.32. The van der Waals surface area contributed by atoms with Crippen molar-refractivity contribution < 1.29 is 18.0 Å². The highest BCUT2D eigenvalue weighted by molar-refractivity contribution is 7.98. The number of nitrogens with zero attached hydrogens (tertiary/aromatic N) is 5. The van der Waals surface area contributed by atoms with Gasteiger partial charge in [-0.3, -0.25) is 0 Å². The van der Waals surface area contributed by atoms with Crippen molar-refractivity contribution in [3.8, 4) is 28.3 Å². The van der Waals surface area contributed by atoms with E-state index in [1.54, 1.807) is 18.0 Å². The summed E-state index contributed by atoms with van der Waals surface area (Å²) >= 11 is 0.541. The maximum atomic E-state index is 14.9. The van der Waals surface area contributed by atoms with E-state index in [-0.39, 0.29) is 39.8 Å². The van der Waals surface area contributed by atoms with Crippen molar-refractivity contribution in [1.29, 1.82) is 0 Å². The van der Waals surface area contributed by atoms with Crippen molar-refractivity contribution in [3.05, 3.63) is 42.5 Å².